The molecule has 0 radical (unpaired) electrons. The van der Waals surface area contributed by atoms with Gasteiger partial charge in [0.2, 0.25) is 10.0 Å². The lowest BCUT2D eigenvalue weighted by molar-refractivity contribution is 0.0702. The van der Waals surface area contributed by atoms with Crippen molar-refractivity contribution in [1.29, 1.82) is 0 Å². The number of hydrogen-bond acceptors (Lipinski definition) is 5. The monoisotopic (exact) mass is 383 g/mol. The van der Waals surface area contributed by atoms with Crippen LogP contribution in [0, 0.1) is 5.92 Å². The normalized spacial score (nSPS) is 23.1. The molecule has 20 heavy (non-hydrogen) atoms. The number of halogens is 1. The summed E-state index contributed by atoms with van der Waals surface area (Å²) in [6, 6.07) is 1.14. The van der Waals surface area contributed by atoms with Crippen molar-refractivity contribution in [3.8, 4) is 0 Å². The van der Waals surface area contributed by atoms with E-state index in [0.29, 0.717) is 12.8 Å². The zero-order valence-electron chi connectivity index (χ0n) is 10.4. The molecule has 3 N–H and O–H groups in total. The molecule has 1 fully saturated rings. The van der Waals surface area contributed by atoms with Gasteiger partial charge in [0.25, 0.3) is 0 Å². The van der Waals surface area contributed by atoms with Crippen LogP contribution in [-0.2, 0) is 10.0 Å². The fraction of sp³-hybridized carbons (Fsp3) is 0.545. The van der Waals surface area contributed by atoms with Gasteiger partial charge in [0.05, 0.1) is 9.89 Å². The quantitative estimate of drug-likeness (QED) is 0.716. The average Bonchev–Trinajstić information content (AvgIpc) is 2.93. The number of nitrogens with one attached hydrogen (secondary N) is 1. The molecular formula is C11H14BrNO5S2. The number of thiophene rings is 1. The number of aromatic carboxylic acids is 1. The summed E-state index contributed by atoms with van der Waals surface area (Å²) in [7, 11) is -3.74. The number of carbonyl (C=O) groups is 1. The van der Waals surface area contributed by atoms with Crippen LogP contribution >= 0.6 is 27.3 Å². The van der Waals surface area contributed by atoms with Gasteiger partial charge in [-0.2, -0.15) is 0 Å². The van der Waals surface area contributed by atoms with Crippen LogP contribution in [0.1, 0.15) is 28.9 Å². The minimum absolute atomic E-state index is 0.0338. The predicted octanol–water partition coefficient (Wildman–Crippen LogP) is 1.65. The second kappa shape index (κ2) is 6.10. The number of aliphatic hydroxyl groups is 1. The standard InChI is InChI=1S/C11H14BrNO5S2/c12-10-9(4-8(19-10)11(15)16)20(17,18)13-5-6-1-2-7(14)3-6/h4,6-7,13-14H,1-3,5H2,(H,15,16). The minimum atomic E-state index is -3.74. The Bertz CT molecular complexity index is 612. The van der Waals surface area contributed by atoms with Gasteiger partial charge in [0.15, 0.2) is 0 Å². The Balaban J connectivity index is 2.08. The summed E-state index contributed by atoms with van der Waals surface area (Å²) in [5.41, 5.74) is 0. The molecule has 0 saturated heterocycles. The van der Waals surface area contributed by atoms with Crippen molar-refractivity contribution in [2.45, 2.75) is 30.3 Å². The molecule has 2 rings (SSSR count). The largest absolute Gasteiger partial charge is 0.477 e. The Kier molecular flexibility index (Phi) is 4.85. The molecule has 1 saturated carbocycles. The lowest BCUT2D eigenvalue weighted by Crippen LogP contribution is -2.28. The molecule has 1 aliphatic rings. The van der Waals surface area contributed by atoms with Gasteiger partial charge >= 0.3 is 5.97 Å². The highest BCUT2D eigenvalue weighted by Crippen LogP contribution is 2.32. The lowest BCUT2D eigenvalue weighted by atomic mass is 10.1. The first-order valence-corrected chi connectivity index (χ1v) is 9.09. The van der Waals surface area contributed by atoms with Crippen molar-refractivity contribution < 1.29 is 23.4 Å². The Labute approximate surface area is 129 Å². The average molecular weight is 384 g/mol. The van der Waals surface area contributed by atoms with Crippen LogP contribution in [0.3, 0.4) is 0 Å². The van der Waals surface area contributed by atoms with Crippen LogP contribution in [0.25, 0.3) is 0 Å². The Morgan fingerprint density at radius 3 is 2.70 bits per heavy atom. The van der Waals surface area contributed by atoms with Crippen LogP contribution < -0.4 is 4.72 Å². The summed E-state index contributed by atoms with van der Waals surface area (Å²) in [6.45, 7) is 0.254. The Morgan fingerprint density at radius 1 is 1.50 bits per heavy atom. The van der Waals surface area contributed by atoms with Gasteiger partial charge in [0.1, 0.15) is 9.77 Å². The first kappa shape index (κ1) is 15.9. The van der Waals surface area contributed by atoms with Crippen LogP contribution in [0.15, 0.2) is 14.7 Å². The third-order valence-corrected chi connectivity index (χ3v) is 6.90. The topological polar surface area (TPSA) is 104 Å². The number of carboxylic acids is 1. The number of carboxylic acid groups (broad SMARTS) is 1. The van der Waals surface area contributed by atoms with E-state index >= 15 is 0 Å². The highest BCUT2D eigenvalue weighted by molar-refractivity contribution is 9.11. The summed E-state index contributed by atoms with van der Waals surface area (Å²) in [5.74, 6) is -1.04. The first-order chi connectivity index (χ1) is 9.29. The third-order valence-electron chi connectivity index (χ3n) is 3.23. The third kappa shape index (κ3) is 3.59. The molecule has 9 heteroatoms. The van der Waals surface area contributed by atoms with Gasteiger partial charge in [0, 0.05) is 6.54 Å². The van der Waals surface area contributed by atoms with E-state index < -0.39 is 16.0 Å². The molecule has 6 nitrogen and oxygen atoms in total. The van der Waals surface area contributed by atoms with E-state index in [1.54, 1.807) is 0 Å². The fourth-order valence-corrected chi connectivity index (χ4v) is 5.70. The zero-order chi connectivity index (χ0) is 14.9. The second-order valence-corrected chi connectivity index (χ2v) is 8.84. The number of aliphatic hydroxyl groups excluding tert-OH is 1. The molecule has 112 valence electrons. The fourth-order valence-electron chi connectivity index (χ4n) is 2.18. The maximum Gasteiger partial charge on any atom is 0.345 e. The highest BCUT2D eigenvalue weighted by Gasteiger charge is 2.27. The van der Waals surface area contributed by atoms with Gasteiger partial charge < -0.3 is 10.2 Å². The van der Waals surface area contributed by atoms with E-state index in [0.717, 1.165) is 23.8 Å². The van der Waals surface area contributed by atoms with Crippen molar-refractivity contribution in [2.75, 3.05) is 6.54 Å². The lowest BCUT2D eigenvalue weighted by Gasteiger charge is -2.10. The van der Waals surface area contributed by atoms with Crippen LogP contribution in [0.2, 0.25) is 0 Å². The molecule has 0 spiro atoms. The number of rotatable bonds is 5. The van der Waals surface area contributed by atoms with Gasteiger partial charge in [-0.05, 0) is 47.2 Å². The van der Waals surface area contributed by atoms with Crippen molar-refractivity contribution in [3.63, 3.8) is 0 Å². The van der Waals surface area contributed by atoms with Crippen molar-refractivity contribution in [3.05, 3.63) is 14.7 Å². The molecule has 1 aliphatic carbocycles. The molecule has 0 amide bonds. The molecule has 1 aromatic heterocycles. The molecule has 0 bridgehead atoms. The minimum Gasteiger partial charge on any atom is -0.477 e. The molecular weight excluding hydrogens is 370 g/mol. The highest BCUT2D eigenvalue weighted by atomic mass is 79.9. The van der Waals surface area contributed by atoms with E-state index in [4.69, 9.17) is 5.11 Å². The number of sulfonamides is 1. The molecule has 2 atom stereocenters. The maximum absolute atomic E-state index is 12.1. The van der Waals surface area contributed by atoms with Gasteiger partial charge in [-0.15, -0.1) is 11.3 Å². The summed E-state index contributed by atoms with van der Waals surface area (Å²) in [6.07, 6.45) is 1.72. The molecule has 1 heterocycles. The SMILES string of the molecule is O=C(O)c1cc(S(=O)(=O)NCC2CCC(O)C2)c(Br)s1. The summed E-state index contributed by atoms with van der Waals surface area (Å²) >= 11 is 3.95. The maximum atomic E-state index is 12.1. The first-order valence-electron chi connectivity index (χ1n) is 6.00. The smallest absolute Gasteiger partial charge is 0.345 e. The summed E-state index contributed by atoms with van der Waals surface area (Å²) in [4.78, 5) is 10.8. The van der Waals surface area contributed by atoms with Crippen molar-refractivity contribution in [2.24, 2.45) is 5.92 Å². The van der Waals surface area contributed by atoms with Gasteiger partial charge in [-0.3, -0.25) is 0 Å². The van der Waals surface area contributed by atoms with Crippen molar-refractivity contribution in [1.82, 2.24) is 4.72 Å². The Morgan fingerprint density at radius 2 is 2.20 bits per heavy atom. The molecule has 2 unspecified atom stereocenters. The van der Waals surface area contributed by atoms with E-state index in [1.165, 1.54) is 0 Å². The summed E-state index contributed by atoms with van der Waals surface area (Å²) in [5, 5.41) is 18.3. The molecule has 0 aromatic carbocycles. The van der Waals surface area contributed by atoms with Gasteiger partial charge in [-0.1, -0.05) is 0 Å². The van der Waals surface area contributed by atoms with Crippen LogP contribution in [-0.4, -0.2) is 37.2 Å². The summed E-state index contributed by atoms with van der Waals surface area (Å²) < 4.78 is 27.0. The second-order valence-electron chi connectivity index (χ2n) is 4.74. The van der Waals surface area contributed by atoms with Crippen molar-refractivity contribution >= 4 is 43.3 Å². The predicted molar refractivity (Wildman–Crippen MR) is 77.5 cm³/mol. The van der Waals surface area contributed by atoms with Crippen LogP contribution in [0.5, 0.6) is 0 Å². The zero-order valence-corrected chi connectivity index (χ0v) is 13.6. The van der Waals surface area contributed by atoms with E-state index in [9.17, 15) is 18.3 Å². The number of hydrogen-bond donors (Lipinski definition) is 3. The molecule has 1 aromatic rings. The van der Waals surface area contributed by atoms with E-state index in [2.05, 4.69) is 20.7 Å². The van der Waals surface area contributed by atoms with Crippen LogP contribution in [0.4, 0.5) is 0 Å². The van der Waals surface area contributed by atoms with E-state index in [1.807, 2.05) is 0 Å². The molecule has 0 aliphatic heterocycles. The van der Waals surface area contributed by atoms with Gasteiger partial charge in [-0.25, -0.2) is 17.9 Å². The Hall–Kier alpha value is -0.480. The van der Waals surface area contributed by atoms with E-state index in [-0.39, 0.29) is 32.1 Å².